The molecular formula is C12H20N2O3. The zero-order valence-electron chi connectivity index (χ0n) is 10.6. The molecule has 1 saturated heterocycles. The molecule has 1 N–H and O–H groups in total. The molecule has 1 amide bonds. The van der Waals surface area contributed by atoms with Crippen molar-refractivity contribution in [1.29, 1.82) is 5.26 Å². The molecule has 0 radical (unpaired) electrons. The number of piperidine rings is 1. The highest BCUT2D eigenvalue weighted by molar-refractivity contribution is 5.68. The number of carbonyl (C=O) groups is 1. The van der Waals surface area contributed by atoms with Crippen LogP contribution >= 0.6 is 0 Å². The first-order chi connectivity index (χ1) is 7.83. The van der Waals surface area contributed by atoms with Crippen molar-refractivity contribution >= 4 is 6.09 Å². The van der Waals surface area contributed by atoms with Crippen LogP contribution in [0.4, 0.5) is 4.79 Å². The first-order valence-corrected chi connectivity index (χ1v) is 5.86. The lowest BCUT2D eigenvalue weighted by Gasteiger charge is -2.35. The Morgan fingerprint density at radius 2 is 2.24 bits per heavy atom. The van der Waals surface area contributed by atoms with Crippen molar-refractivity contribution in [2.75, 3.05) is 13.1 Å². The molecule has 0 aliphatic carbocycles. The largest absolute Gasteiger partial charge is 0.444 e. The van der Waals surface area contributed by atoms with Gasteiger partial charge in [0.15, 0.2) is 0 Å². The van der Waals surface area contributed by atoms with Crippen LogP contribution in [0.2, 0.25) is 0 Å². The van der Waals surface area contributed by atoms with Gasteiger partial charge < -0.3 is 14.7 Å². The summed E-state index contributed by atoms with van der Waals surface area (Å²) in [5, 5.41) is 18.4. The van der Waals surface area contributed by atoms with Gasteiger partial charge in [-0.2, -0.15) is 5.26 Å². The third-order valence-corrected chi connectivity index (χ3v) is 2.73. The molecule has 1 rings (SSSR count). The van der Waals surface area contributed by atoms with Gasteiger partial charge in [0, 0.05) is 18.9 Å². The number of rotatable bonds is 1. The fraction of sp³-hybridized carbons (Fsp3) is 0.833. The molecule has 0 aromatic carbocycles. The molecule has 1 fully saturated rings. The molecule has 0 saturated carbocycles. The van der Waals surface area contributed by atoms with Crippen LogP contribution < -0.4 is 0 Å². The van der Waals surface area contributed by atoms with E-state index in [1.807, 2.05) is 20.8 Å². The molecule has 0 bridgehead atoms. The van der Waals surface area contributed by atoms with Crippen molar-refractivity contribution in [3.63, 3.8) is 0 Å². The standard InChI is InChI=1S/C12H20N2O3/c1-12(2,3)17-11(16)14-7-5-9(4-6-13)10(15)8-14/h9-10,15H,4-5,7-8H2,1-3H3/t9-,10+/m1/s1. The van der Waals surface area contributed by atoms with Crippen LogP contribution in [0, 0.1) is 17.2 Å². The third kappa shape index (κ3) is 4.23. The van der Waals surface area contributed by atoms with Crippen molar-refractivity contribution in [2.24, 2.45) is 5.92 Å². The van der Waals surface area contributed by atoms with Crippen LogP contribution in [0.25, 0.3) is 0 Å². The Hall–Kier alpha value is -1.28. The minimum absolute atomic E-state index is 0.0290. The number of carbonyl (C=O) groups excluding carboxylic acids is 1. The average Bonchev–Trinajstić information content (AvgIpc) is 2.18. The Morgan fingerprint density at radius 1 is 1.59 bits per heavy atom. The number of aliphatic hydroxyl groups excluding tert-OH is 1. The summed E-state index contributed by atoms with van der Waals surface area (Å²) in [5.41, 5.74) is -0.522. The van der Waals surface area contributed by atoms with E-state index in [4.69, 9.17) is 10.00 Å². The molecular weight excluding hydrogens is 220 g/mol. The number of nitrogens with zero attached hydrogens (tertiary/aromatic N) is 2. The van der Waals surface area contributed by atoms with Crippen LogP contribution in [0.1, 0.15) is 33.6 Å². The second-order valence-electron chi connectivity index (χ2n) is 5.40. The number of amides is 1. The normalized spacial score (nSPS) is 25.2. The van der Waals surface area contributed by atoms with Crippen LogP contribution in [-0.4, -0.2) is 40.9 Å². The van der Waals surface area contributed by atoms with Crippen molar-refractivity contribution in [3.8, 4) is 6.07 Å². The maximum Gasteiger partial charge on any atom is 0.410 e. The van der Waals surface area contributed by atoms with E-state index >= 15 is 0 Å². The van der Waals surface area contributed by atoms with Gasteiger partial charge in [0.05, 0.1) is 18.7 Å². The highest BCUT2D eigenvalue weighted by atomic mass is 16.6. The molecule has 1 aliphatic rings. The molecule has 96 valence electrons. The molecule has 5 heteroatoms. The molecule has 17 heavy (non-hydrogen) atoms. The minimum Gasteiger partial charge on any atom is -0.444 e. The van der Waals surface area contributed by atoms with Crippen LogP contribution in [0.15, 0.2) is 0 Å². The maximum absolute atomic E-state index is 11.8. The summed E-state index contributed by atoms with van der Waals surface area (Å²) < 4.78 is 5.23. The molecule has 1 aliphatic heterocycles. The quantitative estimate of drug-likeness (QED) is 0.754. The van der Waals surface area contributed by atoms with E-state index in [9.17, 15) is 9.90 Å². The summed E-state index contributed by atoms with van der Waals surface area (Å²) in [6, 6.07) is 2.06. The second kappa shape index (κ2) is 5.37. The SMILES string of the molecule is CC(C)(C)OC(=O)N1CC[C@@H](CC#N)[C@@H](O)C1. The van der Waals surface area contributed by atoms with Gasteiger partial charge in [-0.25, -0.2) is 4.79 Å². The lowest BCUT2D eigenvalue weighted by atomic mass is 9.91. The molecule has 0 unspecified atom stereocenters. The van der Waals surface area contributed by atoms with Gasteiger partial charge in [-0.3, -0.25) is 0 Å². The predicted octanol–water partition coefficient (Wildman–Crippen LogP) is 1.52. The zero-order chi connectivity index (χ0) is 13.1. The highest BCUT2D eigenvalue weighted by Crippen LogP contribution is 2.22. The zero-order valence-corrected chi connectivity index (χ0v) is 10.6. The van der Waals surface area contributed by atoms with Gasteiger partial charge in [-0.05, 0) is 27.2 Å². The Labute approximate surface area is 102 Å². The molecule has 1 heterocycles. The van der Waals surface area contributed by atoms with Crippen LogP contribution in [0.3, 0.4) is 0 Å². The second-order valence-corrected chi connectivity index (χ2v) is 5.40. The number of hydrogen-bond donors (Lipinski definition) is 1. The first kappa shape index (κ1) is 13.8. The Morgan fingerprint density at radius 3 is 2.71 bits per heavy atom. The van der Waals surface area contributed by atoms with Gasteiger partial charge in [0.1, 0.15) is 5.60 Å². The summed E-state index contributed by atoms with van der Waals surface area (Å²) in [6.45, 7) is 6.22. The van der Waals surface area contributed by atoms with E-state index in [0.29, 0.717) is 19.4 Å². The molecule has 5 nitrogen and oxygen atoms in total. The minimum atomic E-state index is -0.629. The van der Waals surface area contributed by atoms with Crippen LogP contribution in [-0.2, 0) is 4.74 Å². The smallest absolute Gasteiger partial charge is 0.410 e. The number of nitriles is 1. The van der Waals surface area contributed by atoms with Crippen molar-refractivity contribution < 1.29 is 14.6 Å². The van der Waals surface area contributed by atoms with E-state index in [2.05, 4.69) is 6.07 Å². The summed E-state index contributed by atoms with van der Waals surface area (Å²) >= 11 is 0. The average molecular weight is 240 g/mol. The maximum atomic E-state index is 11.8. The van der Waals surface area contributed by atoms with Crippen molar-refractivity contribution in [3.05, 3.63) is 0 Å². The highest BCUT2D eigenvalue weighted by Gasteiger charge is 2.32. The van der Waals surface area contributed by atoms with Gasteiger partial charge >= 0.3 is 6.09 Å². The Kier molecular flexibility index (Phi) is 4.35. The van der Waals surface area contributed by atoms with E-state index in [1.165, 1.54) is 4.90 Å². The first-order valence-electron chi connectivity index (χ1n) is 5.86. The van der Waals surface area contributed by atoms with Gasteiger partial charge in [0.2, 0.25) is 0 Å². The lowest BCUT2D eigenvalue weighted by molar-refractivity contribution is -0.0117. The van der Waals surface area contributed by atoms with E-state index in [-0.39, 0.29) is 12.5 Å². The third-order valence-electron chi connectivity index (χ3n) is 2.73. The fourth-order valence-corrected chi connectivity index (χ4v) is 1.83. The fourth-order valence-electron chi connectivity index (χ4n) is 1.83. The molecule has 0 spiro atoms. The van der Waals surface area contributed by atoms with Crippen LogP contribution in [0.5, 0.6) is 0 Å². The predicted molar refractivity (Wildman–Crippen MR) is 62.2 cm³/mol. The summed E-state index contributed by atoms with van der Waals surface area (Å²) in [4.78, 5) is 13.3. The summed E-state index contributed by atoms with van der Waals surface area (Å²) in [5.74, 6) is -0.0290. The van der Waals surface area contributed by atoms with E-state index in [0.717, 1.165) is 0 Å². The number of aliphatic hydroxyl groups is 1. The molecule has 0 aromatic heterocycles. The van der Waals surface area contributed by atoms with Crippen molar-refractivity contribution in [2.45, 2.75) is 45.3 Å². The van der Waals surface area contributed by atoms with Gasteiger partial charge in [0.25, 0.3) is 0 Å². The van der Waals surface area contributed by atoms with E-state index in [1.54, 1.807) is 0 Å². The summed E-state index contributed by atoms with van der Waals surface area (Å²) in [6.07, 6.45) is -0.0417. The summed E-state index contributed by atoms with van der Waals surface area (Å²) in [7, 11) is 0. The molecule has 2 atom stereocenters. The Bertz CT molecular complexity index is 317. The number of ether oxygens (including phenoxy) is 1. The number of hydrogen-bond acceptors (Lipinski definition) is 4. The Balaban J connectivity index is 2.50. The lowest BCUT2D eigenvalue weighted by Crippen LogP contribution is -2.48. The number of β-amino-alcohol motifs (C(OH)–C–C–N with tert-alkyl or cyclic N) is 1. The monoisotopic (exact) mass is 240 g/mol. The van der Waals surface area contributed by atoms with Gasteiger partial charge in [-0.15, -0.1) is 0 Å². The number of likely N-dealkylation sites (tertiary alicyclic amines) is 1. The molecule has 0 aromatic rings. The topological polar surface area (TPSA) is 73.6 Å². The van der Waals surface area contributed by atoms with E-state index < -0.39 is 17.8 Å². The van der Waals surface area contributed by atoms with Crippen molar-refractivity contribution in [1.82, 2.24) is 4.90 Å². The van der Waals surface area contributed by atoms with Gasteiger partial charge in [-0.1, -0.05) is 0 Å².